The number of ether oxygens (including phenoxy) is 1. The van der Waals surface area contributed by atoms with E-state index in [0.717, 1.165) is 71.9 Å². The standard InChI is InChI=1S/C24H33N5O2S/c1-4-31-15-20-27-22-23(16(2)17(3)26-24(22)25)29(20)12-9-18-7-10-28(11-8-18)21(30)14-19-6-5-13-32-19/h5-6,13,18H,4,7-12,14-15H2,1-3H3,(H2,25,26). The Labute approximate surface area is 193 Å². The molecule has 8 heteroatoms. The van der Waals surface area contributed by atoms with Crippen LogP contribution in [-0.2, 0) is 29.1 Å². The van der Waals surface area contributed by atoms with Crippen LogP contribution >= 0.6 is 11.3 Å². The van der Waals surface area contributed by atoms with E-state index >= 15 is 0 Å². The average Bonchev–Trinajstić information content (AvgIpc) is 3.43. The third-order valence-electron chi connectivity index (χ3n) is 6.54. The van der Waals surface area contributed by atoms with Crippen LogP contribution in [0.2, 0.25) is 0 Å². The zero-order valence-electron chi connectivity index (χ0n) is 19.3. The number of carbonyl (C=O) groups excluding carboxylic acids is 1. The fourth-order valence-corrected chi connectivity index (χ4v) is 5.24. The number of anilines is 1. The molecule has 0 radical (unpaired) electrons. The minimum Gasteiger partial charge on any atom is -0.382 e. The lowest BCUT2D eigenvalue weighted by molar-refractivity contribution is -0.131. The molecule has 7 nitrogen and oxygen atoms in total. The SMILES string of the molecule is CCOCc1nc2c(N)nc(C)c(C)c2n1CCC1CCN(C(=O)Cc2cccs2)CC1. The summed E-state index contributed by atoms with van der Waals surface area (Å²) >= 11 is 1.65. The lowest BCUT2D eigenvalue weighted by Gasteiger charge is -2.32. The summed E-state index contributed by atoms with van der Waals surface area (Å²) in [6, 6.07) is 4.04. The molecule has 172 valence electrons. The van der Waals surface area contributed by atoms with Gasteiger partial charge in [0, 0.05) is 36.8 Å². The summed E-state index contributed by atoms with van der Waals surface area (Å²) in [4.78, 5) is 25.0. The van der Waals surface area contributed by atoms with E-state index in [1.54, 1.807) is 11.3 Å². The van der Waals surface area contributed by atoms with Gasteiger partial charge in [-0.2, -0.15) is 0 Å². The molecule has 32 heavy (non-hydrogen) atoms. The van der Waals surface area contributed by atoms with Crippen molar-refractivity contribution in [3.8, 4) is 0 Å². The van der Waals surface area contributed by atoms with Gasteiger partial charge in [0.1, 0.15) is 17.9 Å². The van der Waals surface area contributed by atoms with Gasteiger partial charge in [-0.25, -0.2) is 9.97 Å². The number of amides is 1. The van der Waals surface area contributed by atoms with Gasteiger partial charge in [0.15, 0.2) is 5.82 Å². The molecule has 4 rings (SSSR count). The molecule has 0 saturated carbocycles. The molecule has 0 atom stereocenters. The molecule has 0 spiro atoms. The summed E-state index contributed by atoms with van der Waals surface area (Å²) in [6.07, 6.45) is 3.67. The highest BCUT2D eigenvalue weighted by atomic mass is 32.1. The number of hydrogen-bond acceptors (Lipinski definition) is 6. The summed E-state index contributed by atoms with van der Waals surface area (Å²) in [5, 5.41) is 2.03. The molecule has 0 aliphatic carbocycles. The quantitative estimate of drug-likeness (QED) is 0.553. The highest BCUT2D eigenvalue weighted by molar-refractivity contribution is 7.10. The third-order valence-corrected chi connectivity index (χ3v) is 7.42. The molecule has 2 N–H and O–H groups in total. The van der Waals surface area contributed by atoms with Crippen LogP contribution < -0.4 is 5.73 Å². The summed E-state index contributed by atoms with van der Waals surface area (Å²) in [6.45, 7) is 9.76. The monoisotopic (exact) mass is 455 g/mol. The molecule has 0 aromatic carbocycles. The Morgan fingerprint density at radius 2 is 2.06 bits per heavy atom. The van der Waals surface area contributed by atoms with E-state index < -0.39 is 0 Å². The van der Waals surface area contributed by atoms with Crippen LogP contribution in [0.15, 0.2) is 17.5 Å². The van der Waals surface area contributed by atoms with Crippen molar-refractivity contribution in [2.75, 3.05) is 25.4 Å². The Morgan fingerprint density at radius 3 is 2.75 bits per heavy atom. The van der Waals surface area contributed by atoms with Crippen LogP contribution in [0.3, 0.4) is 0 Å². The number of nitrogen functional groups attached to an aromatic ring is 1. The fourth-order valence-electron chi connectivity index (χ4n) is 4.55. The zero-order valence-corrected chi connectivity index (χ0v) is 20.1. The molecule has 1 amide bonds. The molecule has 1 saturated heterocycles. The molecule has 0 bridgehead atoms. The Hall–Kier alpha value is -2.45. The lowest BCUT2D eigenvalue weighted by Crippen LogP contribution is -2.39. The van der Waals surface area contributed by atoms with E-state index in [0.29, 0.717) is 31.4 Å². The number of fused-ring (bicyclic) bond motifs is 1. The van der Waals surface area contributed by atoms with Gasteiger partial charge in [-0.05, 0) is 63.0 Å². The number of pyridine rings is 1. The van der Waals surface area contributed by atoms with Crippen LogP contribution in [0.5, 0.6) is 0 Å². The number of piperidine rings is 1. The van der Waals surface area contributed by atoms with Gasteiger partial charge in [0.25, 0.3) is 0 Å². The summed E-state index contributed by atoms with van der Waals surface area (Å²) in [5.74, 6) is 2.24. The molecule has 4 heterocycles. The first-order valence-corrected chi connectivity index (χ1v) is 12.4. The van der Waals surface area contributed by atoms with Crippen molar-refractivity contribution in [1.82, 2.24) is 19.4 Å². The van der Waals surface area contributed by atoms with Crippen LogP contribution in [0.25, 0.3) is 11.0 Å². The average molecular weight is 456 g/mol. The maximum atomic E-state index is 12.6. The number of thiophene rings is 1. The Kier molecular flexibility index (Phi) is 7.10. The van der Waals surface area contributed by atoms with Gasteiger partial charge in [-0.3, -0.25) is 4.79 Å². The van der Waals surface area contributed by atoms with Crippen LogP contribution in [-0.4, -0.2) is 45.0 Å². The van der Waals surface area contributed by atoms with Gasteiger partial charge < -0.3 is 19.9 Å². The fraction of sp³-hybridized carbons (Fsp3) is 0.542. The van der Waals surface area contributed by atoms with Crippen LogP contribution in [0.1, 0.15) is 48.1 Å². The van der Waals surface area contributed by atoms with Crippen molar-refractivity contribution in [2.24, 2.45) is 5.92 Å². The van der Waals surface area contributed by atoms with E-state index in [9.17, 15) is 4.79 Å². The van der Waals surface area contributed by atoms with Crippen molar-refractivity contribution in [3.63, 3.8) is 0 Å². The molecular formula is C24H33N5O2S. The predicted molar refractivity (Wildman–Crippen MR) is 129 cm³/mol. The second-order valence-corrected chi connectivity index (χ2v) is 9.62. The molecule has 1 aliphatic rings. The number of nitrogens with zero attached hydrogens (tertiary/aromatic N) is 4. The number of aromatic nitrogens is 3. The first-order chi connectivity index (χ1) is 15.5. The third kappa shape index (κ3) is 4.81. The van der Waals surface area contributed by atoms with E-state index in [2.05, 4.69) is 16.5 Å². The van der Waals surface area contributed by atoms with Crippen LogP contribution in [0, 0.1) is 19.8 Å². The molecular weight excluding hydrogens is 422 g/mol. The maximum Gasteiger partial charge on any atom is 0.227 e. The van der Waals surface area contributed by atoms with E-state index in [4.69, 9.17) is 15.5 Å². The Bertz CT molecular complexity index is 1070. The normalized spacial score (nSPS) is 15.0. The second kappa shape index (κ2) is 10.0. The van der Waals surface area contributed by atoms with Crippen molar-refractivity contribution in [2.45, 2.75) is 59.6 Å². The number of carbonyl (C=O) groups is 1. The minimum absolute atomic E-state index is 0.250. The van der Waals surface area contributed by atoms with Gasteiger partial charge in [-0.15, -0.1) is 11.3 Å². The van der Waals surface area contributed by atoms with Gasteiger partial charge in [0.05, 0.1) is 11.9 Å². The van der Waals surface area contributed by atoms with Crippen molar-refractivity contribution in [1.29, 1.82) is 0 Å². The van der Waals surface area contributed by atoms with E-state index in [-0.39, 0.29) is 5.91 Å². The van der Waals surface area contributed by atoms with Gasteiger partial charge in [-0.1, -0.05) is 6.07 Å². The van der Waals surface area contributed by atoms with E-state index in [1.807, 2.05) is 36.3 Å². The van der Waals surface area contributed by atoms with Crippen molar-refractivity contribution < 1.29 is 9.53 Å². The van der Waals surface area contributed by atoms with Crippen molar-refractivity contribution >= 4 is 34.1 Å². The highest BCUT2D eigenvalue weighted by Crippen LogP contribution is 2.29. The molecule has 3 aromatic heterocycles. The molecule has 3 aromatic rings. The first-order valence-electron chi connectivity index (χ1n) is 11.5. The predicted octanol–water partition coefficient (Wildman–Crippen LogP) is 4.10. The highest BCUT2D eigenvalue weighted by Gasteiger charge is 2.24. The molecule has 1 fully saturated rings. The number of imidazole rings is 1. The largest absolute Gasteiger partial charge is 0.382 e. The summed E-state index contributed by atoms with van der Waals surface area (Å²) < 4.78 is 7.96. The minimum atomic E-state index is 0.250. The van der Waals surface area contributed by atoms with E-state index in [1.165, 1.54) is 0 Å². The topological polar surface area (TPSA) is 86.3 Å². The molecule has 1 aliphatic heterocycles. The second-order valence-electron chi connectivity index (χ2n) is 8.59. The number of likely N-dealkylation sites (tertiary alicyclic amines) is 1. The maximum absolute atomic E-state index is 12.6. The van der Waals surface area contributed by atoms with Gasteiger partial charge in [0.2, 0.25) is 5.91 Å². The first kappa shape index (κ1) is 22.7. The number of hydrogen-bond donors (Lipinski definition) is 1. The summed E-state index contributed by atoms with van der Waals surface area (Å²) in [7, 11) is 0. The van der Waals surface area contributed by atoms with Crippen molar-refractivity contribution in [3.05, 3.63) is 39.5 Å². The number of aryl methyl sites for hydroxylation is 3. The summed E-state index contributed by atoms with van der Waals surface area (Å²) in [5.41, 5.74) is 10.1. The zero-order chi connectivity index (χ0) is 22.7. The number of rotatable bonds is 8. The molecule has 0 unspecified atom stereocenters. The number of nitrogens with two attached hydrogens (primary N) is 1. The lowest BCUT2D eigenvalue weighted by atomic mass is 9.93. The Morgan fingerprint density at radius 1 is 1.28 bits per heavy atom. The van der Waals surface area contributed by atoms with Crippen LogP contribution in [0.4, 0.5) is 5.82 Å². The Balaban J connectivity index is 1.42. The van der Waals surface area contributed by atoms with Gasteiger partial charge >= 0.3 is 0 Å². The smallest absolute Gasteiger partial charge is 0.227 e.